The van der Waals surface area contributed by atoms with Crippen LogP contribution >= 0.6 is 0 Å². The largest absolute Gasteiger partial charge is 0.0620 e. The highest BCUT2D eigenvalue weighted by Gasteiger charge is 2.02. The number of benzene rings is 3. The zero-order valence-electron chi connectivity index (χ0n) is 11.5. The predicted molar refractivity (Wildman–Crippen MR) is 83.5 cm³/mol. The zero-order chi connectivity index (χ0) is 13.2. The van der Waals surface area contributed by atoms with E-state index in [0.29, 0.717) is 0 Å². The first-order chi connectivity index (χ1) is 9.28. The summed E-state index contributed by atoms with van der Waals surface area (Å²) in [6.07, 6.45) is 1.09. The molecule has 0 heterocycles. The minimum absolute atomic E-state index is 1.09. The van der Waals surface area contributed by atoms with Crippen molar-refractivity contribution in [3.63, 3.8) is 0 Å². The molecule has 0 nitrogen and oxygen atoms in total. The molecule has 3 aromatic rings. The molecule has 0 aliphatic heterocycles. The standard InChI is InChI=1S/C19H18/c1-3-15-8-9-17-13-18(11-10-16(17)12-15)19-7-5-4-6-14(19)2/h4-13H,3H2,1-2H3. The van der Waals surface area contributed by atoms with Gasteiger partial charge in [0.2, 0.25) is 0 Å². The smallest absolute Gasteiger partial charge is 0.0155 e. The van der Waals surface area contributed by atoms with Crippen molar-refractivity contribution in [2.75, 3.05) is 0 Å². The zero-order valence-corrected chi connectivity index (χ0v) is 11.5. The summed E-state index contributed by atoms with van der Waals surface area (Å²) in [5.41, 5.74) is 5.35. The fraction of sp³-hybridized carbons (Fsp3) is 0.158. The molecule has 3 rings (SSSR count). The molecule has 0 spiro atoms. The molecule has 19 heavy (non-hydrogen) atoms. The van der Waals surface area contributed by atoms with E-state index in [-0.39, 0.29) is 0 Å². The highest BCUT2D eigenvalue weighted by molar-refractivity contribution is 5.88. The number of fused-ring (bicyclic) bond motifs is 1. The van der Waals surface area contributed by atoms with Crippen molar-refractivity contribution in [1.82, 2.24) is 0 Å². The average Bonchev–Trinajstić information content (AvgIpc) is 2.46. The molecule has 0 fully saturated rings. The minimum Gasteiger partial charge on any atom is -0.0620 e. The highest BCUT2D eigenvalue weighted by Crippen LogP contribution is 2.27. The number of hydrogen-bond donors (Lipinski definition) is 0. The molecule has 3 aromatic carbocycles. The van der Waals surface area contributed by atoms with Crippen LogP contribution in [0.3, 0.4) is 0 Å². The first kappa shape index (κ1) is 12.0. The first-order valence-corrected chi connectivity index (χ1v) is 6.86. The third kappa shape index (κ3) is 2.26. The maximum Gasteiger partial charge on any atom is -0.0155 e. The van der Waals surface area contributed by atoms with Gasteiger partial charge in [0.15, 0.2) is 0 Å². The number of rotatable bonds is 2. The van der Waals surface area contributed by atoms with Gasteiger partial charge in [-0.15, -0.1) is 0 Å². The molecule has 0 amide bonds. The normalized spacial score (nSPS) is 10.8. The quantitative estimate of drug-likeness (QED) is 0.569. The van der Waals surface area contributed by atoms with E-state index in [4.69, 9.17) is 0 Å². The molecule has 0 heteroatoms. The van der Waals surface area contributed by atoms with Gasteiger partial charge in [-0.1, -0.05) is 61.5 Å². The maximum absolute atomic E-state index is 2.29. The summed E-state index contributed by atoms with van der Waals surface area (Å²) in [5, 5.41) is 2.65. The van der Waals surface area contributed by atoms with Gasteiger partial charge < -0.3 is 0 Å². The predicted octanol–water partition coefficient (Wildman–Crippen LogP) is 5.38. The van der Waals surface area contributed by atoms with E-state index < -0.39 is 0 Å². The van der Waals surface area contributed by atoms with Crippen LogP contribution in [0.5, 0.6) is 0 Å². The second-order valence-corrected chi connectivity index (χ2v) is 5.06. The summed E-state index contributed by atoms with van der Waals surface area (Å²) in [7, 11) is 0. The molecule has 0 atom stereocenters. The van der Waals surface area contributed by atoms with E-state index in [1.54, 1.807) is 0 Å². The van der Waals surface area contributed by atoms with Gasteiger partial charge >= 0.3 is 0 Å². The molecule has 0 saturated carbocycles. The van der Waals surface area contributed by atoms with Gasteiger partial charge in [-0.25, -0.2) is 0 Å². The van der Waals surface area contributed by atoms with Crippen LogP contribution in [-0.4, -0.2) is 0 Å². The number of hydrogen-bond acceptors (Lipinski definition) is 0. The molecule has 0 aliphatic rings. The first-order valence-electron chi connectivity index (χ1n) is 6.86. The molecule has 94 valence electrons. The summed E-state index contributed by atoms with van der Waals surface area (Å²) in [6.45, 7) is 4.36. The second kappa shape index (κ2) is 4.89. The summed E-state index contributed by atoms with van der Waals surface area (Å²) < 4.78 is 0. The highest BCUT2D eigenvalue weighted by atomic mass is 14.1. The lowest BCUT2D eigenvalue weighted by Gasteiger charge is -2.08. The molecular formula is C19H18. The van der Waals surface area contributed by atoms with E-state index in [0.717, 1.165) is 6.42 Å². The van der Waals surface area contributed by atoms with E-state index in [1.165, 1.54) is 33.0 Å². The Hall–Kier alpha value is -2.08. The molecule has 0 N–H and O–H groups in total. The summed E-state index contributed by atoms with van der Waals surface area (Å²) in [6, 6.07) is 22.0. The van der Waals surface area contributed by atoms with E-state index in [9.17, 15) is 0 Å². The minimum atomic E-state index is 1.09. The van der Waals surface area contributed by atoms with E-state index >= 15 is 0 Å². The SMILES string of the molecule is CCc1ccc2cc(-c3ccccc3C)ccc2c1. The van der Waals surface area contributed by atoms with Crippen LogP contribution in [0.25, 0.3) is 21.9 Å². The van der Waals surface area contributed by atoms with Crippen molar-refractivity contribution in [2.24, 2.45) is 0 Å². The summed E-state index contributed by atoms with van der Waals surface area (Å²) >= 11 is 0. The topological polar surface area (TPSA) is 0 Å². The van der Waals surface area contributed by atoms with Gasteiger partial charge in [-0.3, -0.25) is 0 Å². The Kier molecular flexibility index (Phi) is 3.08. The van der Waals surface area contributed by atoms with Gasteiger partial charge in [-0.2, -0.15) is 0 Å². The van der Waals surface area contributed by atoms with Crippen LogP contribution in [0.4, 0.5) is 0 Å². The lowest BCUT2D eigenvalue weighted by Crippen LogP contribution is -1.84. The van der Waals surface area contributed by atoms with Crippen molar-refractivity contribution in [1.29, 1.82) is 0 Å². The summed E-state index contributed by atoms with van der Waals surface area (Å²) in [5.74, 6) is 0. The van der Waals surface area contributed by atoms with Crippen molar-refractivity contribution < 1.29 is 0 Å². The van der Waals surface area contributed by atoms with Gasteiger partial charge in [-0.05, 0) is 52.4 Å². The van der Waals surface area contributed by atoms with Gasteiger partial charge in [0, 0.05) is 0 Å². The third-order valence-corrected chi connectivity index (χ3v) is 3.77. The van der Waals surface area contributed by atoms with Crippen molar-refractivity contribution in [2.45, 2.75) is 20.3 Å². The van der Waals surface area contributed by atoms with Crippen LogP contribution in [0.1, 0.15) is 18.1 Å². The Morgan fingerprint density at radius 3 is 2.32 bits per heavy atom. The van der Waals surface area contributed by atoms with Gasteiger partial charge in [0.25, 0.3) is 0 Å². The molecule has 0 saturated heterocycles. The maximum atomic E-state index is 2.29. The lowest BCUT2D eigenvalue weighted by atomic mass is 9.97. The van der Waals surface area contributed by atoms with Gasteiger partial charge in [0.1, 0.15) is 0 Å². The molecule has 0 aliphatic carbocycles. The van der Waals surface area contributed by atoms with Crippen LogP contribution in [0, 0.1) is 6.92 Å². The van der Waals surface area contributed by atoms with Crippen LogP contribution < -0.4 is 0 Å². The third-order valence-electron chi connectivity index (χ3n) is 3.77. The molecule has 0 radical (unpaired) electrons. The van der Waals surface area contributed by atoms with E-state index in [2.05, 4.69) is 74.5 Å². The fourth-order valence-electron chi connectivity index (χ4n) is 2.58. The summed E-state index contributed by atoms with van der Waals surface area (Å²) in [4.78, 5) is 0. The van der Waals surface area contributed by atoms with Crippen LogP contribution in [0.2, 0.25) is 0 Å². The van der Waals surface area contributed by atoms with Crippen LogP contribution in [0.15, 0.2) is 60.7 Å². The second-order valence-electron chi connectivity index (χ2n) is 5.06. The van der Waals surface area contributed by atoms with E-state index in [1.807, 2.05) is 0 Å². The molecule has 0 unspecified atom stereocenters. The molecule has 0 bridgehead atoms. The van der Waals surface area contributed by atoms with Crippen molar-refractivity contribution in [3.8, 4) is 11.1 Å². The molecule has 0 aromatic heterocycles. The van der Waals surface area contributed by atoms with Gasteiger partial charge in [0.05, 0.1) is 0 Å². The number of aryl methyl sites for hydroxylation is 2. The Labute approximate surface area is 114 Å². The fourth-order valence-corrected chi connectivity index (χ4v) is 2.58. The Bertz CT molecular complexity index is 723. The Morgan fingerprint density at radius 2 is 1.53 bits per heavy atom. The van der Waals surface area contributed by atoms with Crippen molar-refractivity contribution >= 4 is 10.8 Å². The average molecular weight is 246 g/mol. The Morgan fingerprint density at radius 1 is 0.789 bits per heavy atom. The van der Waals surface area contributed by atoms with Crippen molar-refractivity contribution in [3.05, 3.63) is 71.8 Å². The lowest BCUT2D eigenvalue weighted by molar-refractivity contribution is 1.15. The Balaban J connectivity index is 2.15. The van der Waals surface area contributed by atoms with Crippen LogP contribution in [-0.2, 0) is 6.42 Å². The molecular weight excluding hydrogens is 228 g/mol. The monoisotopic (exact) mass is 246 g/mol.